The Kier molecular flexibility index (Phi) is 5.55. The monoisotopic (exact) mass is 279 g/mol. The molecule has 0 saturated carbocycles. The SMILES string of the molecule is CCC(C)(C)NC(=O)COc1cc(C=O)ccc1OC. The summed E-state index contributed by atoms with van der Waals surface area (Å²) in [5, 5.41) is 2.87. The fourth-order valence-electron chi connectivity index (χ4n) is 1.52. The lowest BCUT2D eigenvalue weighted by molar-refractivity contribution is -0.124. The maximum Gasteiger partial charge on any atom is 0.258 e. The van der Waals surface area contributed by atoms with Crippen molar-refractivity contribution < 1.29 is 19.1 Å². The quantitative estimate of drug-likeness (QED) is 0.777. The number of carbonyl (C=O) groups excluding carboxylic acids is 2. The summed E-state index contributed by atoms with van der Waals surface area (Å²) in [6.07, 6.45) is 1.54. The molecule has 0 radical (unpaired) electrons. The van der Waals surface area contributed by atoms with Gasteiger partial charge in [0.1, 0.15) is 6.29 Å². The van der Waals surface area contributed by atoms with E-state index in [1.807, 2.05) is 20.8 Å². The molecule has 110 valence electrons. The zero-order valence-electron chi connectivity index (χ0n) is 12.4. The molecule has 0 aliphatic heterocycles. The van der Waals surface area contributed by atoms with Crippen LogP contribution < -0.4 is 14.8 Å². The van der Waals surface area contributed by atoms with Gasteiger partial charge in [0.05, 0.1) is 7.11 Å². The van der Waals surface area contributed by atoms with Gasteiger partial charge in [-0.2, -0.15) is 0 Å². The molecule has 0 fully saturated rings. The Morgan fingerprint density at radius 3 is 2.60 bits per heavy atom. The van der Waals surface area contributed by atoms with E-state index in [1.54, 1.807) is 18.2 Å². The minimum Gasteiger partial charge on any atom is -0.493 e. The number of hydrogen-bond donors (Lipinski definition) is 1. The van der Waals surface area contributed by atoms with E-state index >= 15 is 0 Å². The van der Waals surface area contributed by atoms with Crippen LogP contribution in [0.15, 0.2) is 18.2 Å². The molecule has 0 bridgehead atoms. The first-order valence-electron chi connectivity index (χ1n) is 6.49. The highest BCUT2D eigenvalue weighted by Crippen LogP contribution is 2.27. The second-order valence-electron chi connectivity index (χ2n) is 5.10. The number of aldehydes is 1. The topological polar surface area (TPSA) is 64.6 Å². The number of methoxy groups -OCH3 is 1. The molecule has 0 spiro atoms. The summed E-state index contributed by atoms with van der Waals surface area (Å²) >= 11 is 0. The highest BCUT2D eigenvalue weighted by Gasteiger charge is 2.18. The lowest BCUT2D eigenvalue weighted by Gasteiger charge is -2.24. The molecule has 20 heavy (non-hydrogen) atoms. The first kappa shape index (κ1) is 16.0. The van der Waals surface area contributed by atoms with Crippen molar-refractivity contribution in [3.63, 3.8) is 0 Å². The van der Waals surface area contributed by atoms with E-state index in [-0.39, 0.29) is 18.1 Å². The second-order valence-corrected chi connectivity index (χ2v) is 5.10. The molecule has 1 aromatic rings. The predicted molar refractivity (Wildman–Crippen MR) is 76.4 cm³/mol. The fraction of sp³-hybridized carbons (Fsp3) is 0.467. The maximum atomic E-state index is 11.8. The Hall–Kier alpha value is -2.04. The summed E-state index contributed by atoms with van der Waals surface area (Å²) in [5.41, 5.74) is 0.199. The largest absolute Gasteiger partial charge is 0.493 e. The van der Waals surface area contributed by atoms with Crippen molar-refractivity contribution in [3.05, 3.63) is 23.8 Å². The Balaban J connectivity index is 2.69. The maximum absolute atomic E-state index is 11.8. The summed E-state index contributed by atoms with van der Waals surface area (Å²) in [6.45, 7) is 5.76. The van der Waals surface area contributed by atoms with Gasteiger partial charge in [-0.3, -0.25) is 9.59 Å². The molecule has 1 N–H and O–H groups in total. The minimum atomic E-state index is -0.269. The number of carbonyl (C=O) groups is 2. The number of ether oxygens (including phenoxy) is 2. The van der Waals surface area contributed by atoms with Crippen LogP contribution in [0.3, 0.4) is 0 Å². The van der Waals surface area contributed by atoms with Gasteiger partial charge in [-0.25, -0.2) is 0 Å². The van der Waals surface area contributed by atoms with Crippen LogP contribution in [0.25, 0.3) is 0 Å². The van der Waals surface area contributed by atoms with E-state index < -0.39 is 0 Å². The highest BCUT2D eigenvalue weighted by molar-refractivity contribution is 5.79. The van der Waals surface area contributed by atoms with E-state index in [1.165, 1.54) is 7.11 Å². The van der Waals surface area contributed by atoms with Crippen LogP contribution >= 0.6 is 0 Å². The Morgan fingerprint density at radius 1 is 1.35 bits per heavy atom. The molecular formula is C15H21NO4. The van der Waals surface area contributed by atoms with Gasteiger partial charge >= 0.3 is 0 Å². The van der Waals surface area contributed by atoms with Crippen molar-refractivity contribution in [2.24, 2.45) is 0 Å². The molecule has 1 rings (SSSR count). The van der Waals surface area contributed by atoms with Crippen molar-refractivity contribution in [1.82, 2.24) is 5.32 Å². The minimum absolute atomic E-state index is 0.123. The third-order valence-electron chi connectivity index (χ3n) is 3.04. The van der Waals surface area contributed by atoms with Crippen molar-refractivity contribution in [2.75, 3.05) is 13.7 Å². The average Bonchev–Trinajstić information content (AvgIpc) is 2.44. The summed E-state index contributed by atoms with van der Waals surface area (Å²) in [5.74, 6) is 0.648. The van der Waals surface area contributed by atoms with Gasteiger partial charge in [0.2, 0.25) is 0 Å². The van der Waals surface area contributed by atoms with E-state index in [2.05, 4.69) is 5.32 Å². The summed E-state index contributed by atoms with van der Waals surface area (Å²) in [6, 6.07) is 4.80. The molecule has 1 aromatic carbocycles. The molecule has 5 heteroatoms. The van der Waals surface area contributed by atoms with E-state index in [4.69, 9.17) is 9.47 Å². The fourth-order valence-corrected chi connectivity index (χ4v) is 1.52. The van der Waals surface area contributed by atoms with Gasteiger partial charge < -0.3 is 14.8 Å². The summed E-state index contributed by atoms with van der Waals surface area (Å²) < 4.78 is 10.6. The number of benzene rings is 1. The Morgan fingerprint density at radius 2 is 2.05 bits per heavy atom. The smallest absolute Gasteiger partial charge is 0.258 e. The van der Waals surface area contributed by atoms with Gasteiger partial charge in [-0.05, 0) is 38.5 Å². The Labute approximate surface area is 119 Å². The molecule has 0 aliphatic rings. The van der Waals surface area contributed by atoms with Crippen LogP contribution in [0.4, 0.5) is 0 Å². The van der Waals surface area contributed by atoms with Gasteiger partial charge in [0.15, 0.2) is 18.1 Å². The van der Waals surface area contributed by atoms with Crippen LogP contribution in [0.5, 0.6) is 11.5 Å². The van der Waals surface area contributed by atoms with Crippen molar-refractivity contribution in [3.8, 4) is 11.5 Å². The number of amides is 1. The molecule has 1 amide bonds. The van der Waals surface area contributed by atoms with Gasteiger partial charge in [-0.1, -0.05) is 6.92 Å². The van der Waals surface area contributed by atoms with E-state index in [9.17, 15) is 9.59 Å². The number of rotatable bonds is 7. The zero-order valence-corrected chi connectivity index (χ0v) is 12.4. The first-order chi connectivity index (χ1) is 9.41. The van der Waals surface area contributed by atoms with Gasteiger partial charge in [0.25, 0.3) is 5.91 Å². The lowest BCUT2D eigenvalue weighted by Crippen LogP contribution is -2.44. The van der Waals surface area contributed by atoms with Crippen LogP contribution in [0.1, 0.15) is 37.6 Å². The molecule has 0 atom stereocenters. The van der Waals surface area contributed by atoms with Crippen molar-refractivity contribution >= 4 is 12.2 Å². The second kappa shape index (κ2) is 6.93. The van der Waals surface area contributed by atoms with Crippen LogP contribution in [-0.4, -0.2) is 31.4 Å². The normalized spacial score (nSPS) is 10.8. The van der Waals surface area contributed by atoms with Crippen molar-refractivity contribution in [1.29, 1.82) is 0 Å². The molecule has 0 aromatic heterocycles. The van der Waals surface area contributed by atoms with E-state index in [0.29, 0.717) is 23.3 Å². The molecule has 0 unspecified atom stereocenters. The third-order valence-corrected chi connectivity index (χ3v) is 3.04. The summed E-state index contributed by atoms with van der Waals surface area (Å²) in [7, 11) is 1.50. The van der Waals surface area contributed by atoms with Gasteiger partial charge in [0, 0.05) is 11.1 Å². The van der Waals surface area contributed by atoms with Crippen molar-refractivity contribution in [2.45, 2.75) is 32.7 Å². The Bertz CT molecular complexity index is 483. The number of hydrogen-bond acceptors (Lipinski definition) is 4. The molecule has 0 aliphatic carbocycles. The standard InChI is InChI=1S/C15H21NO4/c1-5-15(2,3)16-14(18)10-20-13-8-11(9-17)6-7-12(13)19-4/h6-9H,5,10H2,1-4H3,(H,16,18). The highest BCUT2D eigenvalue weighted by atomic mass is 16.5. The predicted octanol–water partition coefficient (Wildman–Crippen LogP) is 2.19. The first-order valence-corrected chi connectivity index (χ1v) is 6.49. The number of nitrogens with one attached hydrogen (secondary N) is 1. The van der Waals surface area contributed by atoms with Crippen LogP contribution in [-0.2, 0) is 4.79 Å². The summed E-state index contributed by atoms with van der Waals surface area (Å²) in [4.78, 5) is 22.5. The molecule has 5 nitrogen and oxygen atoms in total. The lowest BCUT2D eigenvalue weighted by atomic mass is 10.0. The molecule has 0 saturated heterocycles. The zero-order chi connectivity index (χ0) is 15.2. The average molecular weight is 279 g/mol. The van der Waals surface area contributed by atoms with Crippen LogP contribution in [0.2, 0.25) is 0 Å². The third kappa shape index (κ3) is 4.57. The van der Waals surface area contributed by atoms with E-state index in [0.717, 1.165) is 6.42 Å². The molecule has 0 heterocycles. The van der Waals surface area contributed by atoms with Gasteiger partial charge in [-0.15, -0.1) is 0 Å². The molecular weight excluding hydrogens is 258 g/mol. The van der Waals surface area contributed by atoms with Crippen LogP contribution in [0, 0.1) is 0 Å².